The van der Waals surface area contributed by atoms with Crippen molar-refractivity contribution in [2.75, 3.05) is 0 Å². The molecule has 6 heteroatoms. The summed E-state index contributed by atoms with van der Waals surface area (Å²) in [5, 5.41) is 11.7. The Hall–Kier alpha value is -7.93. The first kappa shape index (κ1) is 34.7. The van der Waals surface area contributed by atoms with Gasteiger partial charge in [0.05, 0.1) is 16.7 Å². The summed E-state index contributed by atoms with van der Waals surface area (Å²) in [6, 6.07) is 61.1. The second-order valence-corrected chi connectivity index (χ2v) is 17.8. The van der Waals surface area contributed by atoms with Crippen LogP contribution in [0.4, 0.5) is 0 Å². The van der Waals surface area contributed by atoms with Crippen molar-refractivity contribution >= 4 is 103 Å². The highest BCUT2D eigenvalue weighted by Gasteiger charge is 2.23. The molecule has 0 bridgehead atoms. The first-order valence-corrected chi connectivity index (χ1v) is 22.3. The third-order valence-electron chi connectivity index (χ3n) is 13.0. The maximum Gasteiger partial charge on any atom is 0.164 e. The zero-order valence-corrected chi connectivity index (χ0v) is 34.7. The van der Waals surface area contributed by atoms with Gasteiger partial charge in [-0.15, -0.1) is 11.3 Å². The van der Waals surface area contributed by atoms with Gasteiger partial charge in [-0.05, 0) is 112 Å². The van der Waals surface area contributed by atoms with Gasteiger partial charge < -0.3 is 8.98 Å². The second kappa shape index (κ2) is 13.3. The third-order valence-corrected chi connectivity index (χ3v) is 14.2. The Bertz CT molecular complexity index is 4110. The fourth-order valence-corrected chi connectivity index (χ4v) is 11.1. The van der Waals surface area contributed by atoms with Crippen LogP contribution in [0.1, 0.15) is 17.5 Å². The Morgan fingerprint density at radius 3 is 2.03 bits per heavy atom. The van der Waals surface area contributed by atoms with Gasteiger partial charge in [0.25, 0.3) is 0 Å². The van der Waals surface area contributed by atoms with Crippen LogP contribution in [0.2, 0.25) is 0 Å². The molecule has 4 aromatic heterocycles. The molecule has 0 aliphatic heterocycles. The second-order valence-electron chi connectivity index (χ2n) is 16.7. The molecule has 0 spiro atoms. The van der Waals surface area contributed by atoms with E-state index in [4.69, 9.17) is 19.4 Å². The fourth-order valence-electron chi connectivity index (χ4n) is 10.0. The molecule has 0 radical (unpaired) electrons. The van der Waals surface area contributed by atoms with Crippen molar-refractivity contribution in [2.24, 2.45) is 0 Å². The van der Waals surface area contributed by atoms with Crippen LogP contribution in [0, 0.1) is 0 Å². The average Bonchev–Trinajstić information content (AvgIpc) is 4.02. The van der Waals surface area contributed by atoms with Crippen LogP contribution in [-0.4, -0.2) is 19.5 Å². The highest BCUT2D eigenvalue weighted by atomic mass is 32.1. The van der Waals surface area contributed by atoms with Gasteiger partial charge in [0.15, 0.2) is 23.1 Å². The number of rotatable bonds is 4. The lowest BCUT2D eigenvalue weighted by molar-refractivity contribution is 0.666. The van der Waals surface area contributed by atoms with E-state index in [0.717, 1.165) is 68.2 Å². The van der Waals surface area contributed by atoms with E-state index in [1.807, 2.05) is 17.4 Å². The molecule has 14 rings (SSSR count). The Morgan fingerprint density at radius 1 is 0.476 bits per heavy atom. The smallest absolute Gasteiger partial charge is 0.164 e. The van der Waals surface area contributed by atoms with E-state index in [1.165, 1.54) is 63.6 Å². The van der Waals surface area contributed by atoms with E-state index in [0.29, 0.717) is 17.5 Å². The van der Waals surface area contributed by atoms with Crippen molar-refractivity contribution < 1.29 is 4.42 Å². The first-order chi connectivity index (χ1) is 31.2. The van der Waals surface area contributed by atoms with Crippen LogP contribution in [0.3, 0.4) is 0 Å². The molecular weight excluding hydrogens is 789 g/mol. The van der Waals surface area contributed by atoms with Crippen molar-refractivity contribution in [3.63, 3.8) is 0 Å². The number of hydrogen-bond donors (Lipinski definition) is 0. The van der Waals surface area contributed by atoms with Crippen LogP contribution in [0.5, 0.6) is 0 Å². The molecule has 4 heterocycles. The lowest BCUT2D eigenvalue weighted by Gasteiger charge is -2.14. The summed E-state index contributed by atoms with van der Waals surface area (Å²) >= 11 is 1.81. The lowest BCUT2D eigenvalue weighted by atomic mass is 9.95. The van der Waals surface area contributed by atoms with E-state index in [9.17, 15) is 0 Å². The van der Waals surface area contributed by atoms with Gasteiger partial charge in [0.2, 0.25) is 0 Å². The number of allylic oxidation sites excluding steroid dienone is 1. The van der Waals surface area contributed by atoms with Crippen molar-refractivity contribution in [1.82, 2.24) is 19.5 Å². The summed E-state index contributed by atoms with van der Waals surface area (Å²) in [6.07, 6.45) is 6.56. The summed E-state index contributed by atoms with van der Waals surface area (Å²) in [5.74, 6) is 1.87. The summed E-state index contributed by atoms with van der Waals surface area (Å²) in [6.45, 7) is 0. The summed E-state index contributed by atoms with van der Waals surface area (Å²) in [4.78, 5) is 16.0. The van der Waals surface area contributed by atoms with Gasteiger partial charge in [-0.25, -0.2) is 15.0 Å². The first-order valence-electron chi connectivity index (χ1n) is 21.5. The van der Waals surface area contributed by atoms with Gasteiger partial charge >= 0.3 is 0 Å². The minimum Gasteiger partial charge on any atom is -0.454 e. The average molecular weight is 823 g/mol. The van der Waals surface area contributed by atoms with Gasteiger partial charge in [-0.1, -0.05) is 115 Å². The third kappa shape index (κ3) is 5.32. The monoisotopic (exact) mass is 822 g/mol. The highest BCUT2D eigenvalue weighted by molar-refractivity contribution is 7.25. The maximum atomic E-state index is 6.90. The molecule has 63 heavy (non-hydrogen) atoms. The van der Waals surface area contributed by atoms with E-state index in [1.54, 1.807) is 0 Å². The van der Waals surface area contributed by atoms with E-state index >= 15 is 0 Å². The molecule has 9 aromatic carbocycles. The Balaban J connectivity index is 1.08. The van der Waals surface area contributed by atoms with Gasteiger partial charge in [0, 0.05) is 58.4 Å². The van der Waals surface area contributed by atoms with Crippen molar-refractivity contribution in [3.8, 4) is 39.9 Å². The number of furan rings is 1. The van der Waals surface area contributed by atoms with Crippen LogP contribution in [0.25, 0.3) is 131 Å². The van der Waals surface area contributed by atoms with E-state index < -0.39 is 0 Å². The topological polar surface area (TPSA) is 56.7 Å². The minimum absolute atomic E-state index is 0.601. The number of thiophene rings is 1. The van der Waals surface area contributed by atoms with E-state index in [-0.39, 0.29) is 0 Å². The number of hydrogen-bond acceptors (Lipinski definition) is 5. The molecule has 1 aliphatic rings. The predicted molar refractivity (Wildman–Crippen MR) is 263 cm³/mol. The van der Waals surface area contributed by atoms with Crippen molar-refractivity contribution in [3.05, 3.63) is 187 Å². The van der Waals surface area contributed by atoms with Crippen LogP contribution >= 0.6 is 11.3 Å². The number of fused-ring (bicyclic) bond motifs is 13. The standard InChI is InChI=1S/C57H34N4OS/c1-2-13-35-27-38(22-21-33(35)11-1)55-58-56(39-24-26-52-44(29-39)43-18-8-10-20-51(43)63-52)60-57(59-55)40-30-45-42-17-7-9-19-50(42)62-54(45)49(32-40)61-47-25-23-34-12-5-6-16-41(34)53(47)46-28-36-14-3-4-15-37(36)31-48(46)61/h2-10,12-32H,1,11H2. The largest absolute Gasteiger partial charge is 0.454 e. The SMILES string of the molecule is C1=Cc2cc(-c3nc(-c4ccc5sc6ccccc6c5c4)nc(-c4cc(-n5c6cc7ccccc7cc6c6c7ccccc7ccc65)c5oc6ccccc6c5c4)n3)ccc2CC1. The number of aryl methyl sites for hydroxylation is 1. The van der Waals surface area contributed by atoms with Gasteiger partial charge in [0.1, 0.15) is 5.58 Å². The quantitative estimate of drug-likeness (QED) is 0.177. The fraction of sp³-hybridized carbons (Fsp3) is 0.0351. The molecule has 0 unspecified atom stereocenters. The number of nitrogens with zero attached hydrogens (tertiary/aromatic N) is 4. The van der Waals surface area contributed by atoms with Crippen molar-refractivity contribution in [2.45, 2.75) is 12.8 Å². The predicted octanol–water partition coefficient (Wildman–Crippen LogP) is 15.5. The van der Waals surface area contributed by atoms with E-state index in [2.05, 4.69) is 181 Å². The molecule has 0 amide bonds. The molecule has 294 valence electrons. The molecule has 0 atom stereocenters. The van der Waals surface area contributed by atoms with Crippen LogP contribution in [-0.2, 0) is 6.42 Å². The number of para-hydroxylation sites is 1. The zero-order chi connectivity index (χ0) is 41.2. The Morgan fingerprint density at radius 2 is 1.16 bits per heavy atom. The number of benzene rings is 9. The van der Waals surface area contributed by atoms with Crippen molar-refractivity contribution in [1.29, 1.82) is 0 Å². The molecule has 0 saturated heterocycles. The molecule has 1 aliphatic carbocycles. The zero-order valence-electron chi connectivity index (χ0n) is 33.8. The minimum atomic E-state index is 0.601. The highest BCUT2D eigenvalue weighted by Crippen LogP contribution is 2.44. The van der Waals surface area contributed by atoms with Gasteiger partial charge in [-0.3, -0.25) is 0 Å². The Labute approximate surface area is 364 Å². The molecular formula is C57H34N4OS. The molecule has 5 nitrogen and oxygen atoms in total. The summed E-state index contributed by atoms with van der Waals surface area (Å²) in [7, 11) is 0. The summed E-state index contributed by atoms with van der Waals surface area (Å²) in [5.41, 5.74) is 10.1. The maximum absolute atomic E-state index is 6.90. The van der Waals surface area contributed by atoms with Crippen LogP contribution < -0.4 is 0 Å². The molecule has 0 N–H and O–H groups in total. The summed E-state index contributed by atoms with van der Waals surface area (Å²) < 4.78 is 11.8. The molecule has 0 saturated carbocycles. The normalized spacial score (nSPS) is 12.9. The van der Waals surface area contributed by atoms with Gasteiger partial charge in [-0.2, -0.15) is 0 Å². The molecule has 13 aromatic rings. The molecule has 0 fully saturated rings. The van der Waals surface area contributed by atoms with Crippen LogP contribution in [0.15, 0.2) is 180 Å². The Kier molecular flexibility index (Phi) is 7.33. The lowest BCUT2D eigenvalue weighted by Crippen LogP contribution is -2.02. The number of aromatic nitrogens is 4.